The fourth-order valence-electron chi connectivity index (χ4n) is 2.67. The van der Waals surface area contributed by atoms with Crippen molar-refractivity contribution in [1.82, 2.24) is 4.98 Å². The largest absolute Gasteiger partial charge is 0.377 e. The maximum absolute atomic E-state index is 4.45. The Kier molecular flexibility index (Phi) is 3.66. The molecule has 0 radical (unpaired) electrons. The van der Waals surface area contributed by atoms with Crippen molar-refractivity contribution < 1.29 is 0 Å². The van der Waals surface area contributed by atoms with Gasteiger partial charge in [-0.25, -0.2) is 4.98 Å². The molecule has 20 heavy (non-hydrogen) atoms. The second-order valence-corrected chi connectivity index (χ2v) is 6.29. The van der Waals surface area contributed by atoms with E-state index >= 15 is 0 Å². The molecule has 1 aromatic heterocycles. The van der Waals surface area contributed by atoms with Crippen molar-refractivity contribution >= 4 is 27.4 Å². The number of rotatable bonds is 3. The van der Waals surface area contributed by atoms with Crippen LogP contribution in [0.5, 0.6) is 0 Å². The van der Waals surface area contributed by atoms with Crippen LogP contribution in [0.25, 0.3) is 0 Å². The molecular weight excluding hydrogens is 314 g/mol. The third-order valence-corrected chi connectivity index (χ3v) is 4.22. The number of fused-ring (bicyclic) bond motifs is 1. The highest BCUT2D eigenvalue weighted by Gasteiger charge is 2.22. The number of benzene rings is 1. The molecule has 0 amide bonds. The molecule has 1 aliphatic rings. The Morgan fingerprint density at radius 3 is 2.80 bits per heavy atom. The summed E-state index contributed by atoms with van der Waals surface area (Å²) in [7, 11) is 4.00. The minimum atomic E-state index is 0.394. The van der Waals surface area contributed by atoms with Gasteiger partial charge in [-0.2, -0.15) is 0 Å². The lowest BCUT2D eigenvalue weighted by atomic mass is 10.1. The van der Waals surface area contributed by atoms with Gasteiger partial charge in [-0.3, -0.25) is 0 Å². The lowest BCUT2D eigenvalue weighted by Gasteiger charge is -2.17. The number of nitrogens with zero attached hydrogens (tertiary/aromatic N) is 2. The van der Waals surface area contributed by atoms with E-state index in [0.717, 1.165) is 28.8 Å². The van der Waals surface area contributed by atoms with Crippen LogP contribution in [0.3, 0.4) is 0 Å². The van der Waals surface area contributed by atoms with Crippen molar-refractivity contribution in [2.75, 3.05) is 24.3 Å². The van der Waals surface area contributed by atoms with Gasteiger partial charge in [0.15, 0.2) is 0 Å². The Hall–Kier alpha value is -1.55. The van der Waals surface area contributed by atoms with Crippen LogP contribution < -0.4 is 10.2 Å². The van der Waals surface area contributed by atoms with E-state index in [1.807, 2.05) is 31.3 Å². The zero-order chi connectivity index (χ0) is 14.1. The summed E-state index contributed by atoms with van der Waals surface area (Å²) in [4.78, 5) is 6.45. The minimum absolute atomic E-state index is 0.394. The number of halogens is 1. The number of hydrogen-bond acceptors (Lipinski definition) is 3. The van der Waals surface area contributed by atoms with E-state index in [0.29, 0.717) is 6.04 Å². The summed E-state index contributed by atoms with van der Waals surface area (Å²) in [6, 6.07) is 11.1. The quantitative estimate of drug-likeness (QED) is 0.920. The van der Waals surface area contributed by atoms with Gasteiger partial charge in [-0.1, -0.05) is 22.0 Å². The van der Waals surface area contributed by atoms with Crippen molar-refractivity contribution in [3.8, 4) is 0 Å². The van der Waals surface area contributed by atoms with Crippen LogP contribution in [0.15, 0.2) is 41.0 Å². The first-order chi connectivity index (χ1) is 9.63. The van der Waals surface area contributed by atoms with Gasteiger partial charge in [0, 0.05) is 18.6 Å². The first-order valence-electron chi connectivity index (χ1n) is 6.82. The molecule has 1 aromatic carbocycles. The Bertz CT molecular complexity index is 608. The topological polar surface area (TPSA) is 28.2 Å². The molecule has 0 saturated carbocycles. The fraction of sp³-hybridized carbons (Fsp3) is 0.312. The molecule has 3 rings (SSSR count). The van der Waals surface area contributed by atoms with E-state index in [1.54, 1.807) is 0 Å². The van der Waals surface area contributed by atoms with Crippen LogP contribution in [0.2, 0.25) is 0 Å². The predicted octanol–water partition coefficient (Wildman–Crippen LogP) is 4.01. The van der Waals surface area contributed by atoms with Crippen molar-refractivity contribution in [2.24, 2.45) is 0 Å². The van der Waals surface area contributed by atoms with E-state index in [4.69, 9.17) is 0 Å². The Morgan fingerprint density at radius 1 is 1.25 bits per heavy atom. The molecule has 1 aliphatic carbocycles. The van der Waals surface area contributed by atoms with Crippen molar-refractivity contribution in [2.45, 2.75) is 18.9 Å². The van der Waals surface area contributed by atoms with Crippen LogP contribution in [-0.4, -0.2) is 19.1 Å². The maximum Gasteiger partial charge on any atom is 0.128 e. The van der Waals surface area contributed by atoms with Crippen molar-refractivity contribution in [3.63, 3.8) is 0 Å². The highest BCUT2D eigenvalue weighted by molar-refractivity contribution is 9.10. The number of nitrogens with one attached hydrogen (secondary N) is 1. The van der Waals surface area contributed by atoms with Crippen LogP contribution in [0.4, 0.5) is 11.5 Å². The molecule has 1 unspecified atom stereocenters. The standard InChI is InChI=1S/C16H18BrN3/c1-20(2)16-8-5-13(10-18-16)19-15-7-3-11-9-12(17)4-6-14(11)15/h4-6,8-10,15,19H,3,7H2,1-2H3. The van der Waals surface area contributed by atoms with E-state index in [9.17, 15) is 0 Å². The average Bonchev–Trinajstić information content (AvgIpc) is 2.81. The average molecular weight is 332 g/mol. The normalized spacial score (nSPS) is 16.9. The molecule has 104 valence electrons. The predicted molar refractivity (Wildman–Crippen MR) is 87.4 cm³/mol. The molecule has 0 fully saturated rings. The molecule has 1 N–H and O–H groups in total. The van der Waals surface area contributed by atoms with Gasteiger partial charge in [0.2, 0.25) is 0 Å². The van der Waals surface area contributed by atoms with E-state index in [-0.39, 0.29) is 0 Å². The first kappa shape index (κ1) is 13.4. The molecule has 0 aliphatic heterocycles. The number of aryl methyl sites for hydroxylation is 1. The van der Waals surface area contributed by atoms with Gasteiger partial charge in [-0.05, 0) is 48.2 Å². The summed E-state index contributed by atoms with van der Waals surface area (Å²) < 4.78 is 1.16. The second-order valence-electron chi connectivity index (χ2n) is 5.38. The van der Waals surface area contributed by atoms with Crippen LogP contribution in [-0.2, 0) is 6.42 Å². The van der Waals surface area contributed by atoms with Gasteiger partial charge in [0.1, 0.15) is 5.82 Å². The van der Waals surface area contributed by atoms with Crippen LogP contribution in [0.1, 0.15) is 23.6 Å². The van der Waals surface area contributed by atoms with Crippen LogP contribution >= 0.6 is 15.9 Å². The van der Waals surface area contributed by atoms with Gasteiger partial charge in [-0.15, -0.1) is 0 Å². The van der Waals surface area contributed by atoms with Gasteiger partial charge in [0.25, 0.3) is 0 Å². The van der Waals surface area contributed by atoms with E-state index < -0.39 is 0 Å². The lowest BCUT2D eigenvalue weighted by Crippen LogP contribution is -2.11. The van der Waals surface area contributed by atoms with E-state index in [2.05, 4.69) is 50.5 Å². The molecule has 3 nitrogen and oxygen atoms in total. The monoisotopic (exact) mass is 331 g/mol. The van der Waals surface area contributed by atoms with Gasteiger partial charge >= 0.3 is 0 Å². The van der Waals surface area contributed by atoms with Crippen molar-refractivity contribution in [1.29, 1.82) is 0 Å². The Labute approximate surface area is 128 Å². The number of aromatic nitrogens is 1. The third-order valence-electron chi connectivity index (χ3n) is 3.73. The van der Waals surface area contributed by atoms with Gasteiger partial charge < -0.3 is 10.2 Å². The SMILES string of the molecule is CN(C)c1ccc(NC2CCc3cc(Br)ccc32)cn1. The lowest BCUT2D eigenvalue weighted by molar-refractivity contribution is 0.761. The molecule has 1 atom stereocenters. The summed E-state index contributed by atoms with van der Waals surface area (Å²) in [6.45, 7) is 0. The van der Waals surface area contributed by atoms with Crippen LogP contribution in [0, 0.1) is 0 Å². The summed E-state index contributed by atoms with van der Waals surface area (Å²) in [5.41, 5.74) is 3.93. The highest BCUT2D eigenvalue weighted by atomic mass is 79.9. The zero-order valence-electron chi connectivity index (χ0n) is 11.7. The second kappa shape index (κ2) is 5.44. The maximum atomic E-state index is 4.45. The molecule has 0 saturated heterocycles. The summed E-state index contributed by atoms with van der Waals surface area (Å²) >= 11 is 3.54. The summed E-state index contributed by atoms with van der Waals surface area (Å²) in [5.74, 6) is 0.978. The summed E-state index contributed by atoms with van der Waals surface area (Å²) in [5, 5.41) is 3.59. The number of pyridine rings is 1. The van der Waals surface area contributed by atoms with Crippen molar-refractivity contribution in [3.05, 3.63) is 52.1 Å². The molecular formula is C16H18BrN3. The molecule has 0 bridgehead atoms. The highest BCUT2D eigenvalue weighted by Crippen LogP contribution is 2.35. The smallest absolute Gasteiger partial charge is 0.128 e. The number of anilines is 2. The zero-order valence-corrected chi connectivity index (χ0v) is 13.3. The Morgan fingerprint density at radius 2 is 2.10 bits per heavy atom. The minimum Gasteiger partial charge on any atom is -0.377 e. The van der Waals surface area contributed by atoms with Gasteiger partial charge in [0.05, 0.1) is 17.9 Å². The number of hydrogen-bond donors (Lipinski definition) is 1. The molecule has 2 aromatic rings. The molecule has 1 heterocycles. The Balaban J connectivity index is 1.77. The molecule has 0 spiro atoms. The first-order valence-corrected chi connectivity index (χ1v) is 7.61. The fourth-order valence-corrected chi connectivity index (χ4v) is 3.08. The third kappa shape index (κ3) is 2.66. The summed E-state index contributed by atoms with van der Waals surface area (Å²) in [6.07, 6.45) is 4.18. The molecule has 4 heteroatoms. The van der Waals surface area contributed by atoms with E-state index in [1.165, 1.54) is 11.1 Å².